The van der Waals surface area contributed by atoms with Gasteiger partial charge in [0.05, 0.1) is 24.7 Å². The number of benzene rings is 2. The summed E-state index contributed by atoms with van der Waals surface area (Å²) in [4.78, 5) is 7.17. The van der Waals surface area contributed by atoms with Crippen LogP contribution in [0.4, 0.5) is 5.69 Å². The van der Waals surface area contributed by atoms with Crippen LogP contribution in [0, 0.1) is 5.92 Å². The molecule has 5 nitrogen and oxygen atoms in total. The highest BCUT2D eigenvalue weighted by Crippen LogP contribution is 2.38. The molecular weight excluding hydrogens is 444 g/mol. The summed E-state index contributed by atoms with van der Waals surface area (Å²) in [6.07, 6.45) is 9.54. The zero-order valence-electron chi connectivity index (χ0n) is 21.3. The van der Waals surface area contributed by atoms with Gasteiger partial charge in [0.25, 0.3) is 0 Å². The minimum atomic E-state index is 0.444. The van der Waals surface area contributed by atoms with Crippen LogP contribution in [0.5, 0.6) is 0 Å². The third-order valence-electron chi connectivity index (χ3n) is 7.12. The minimum absolute atomic E-state index is 0.444. The van der Waals surface area contributed by atoms with Crippen molar-refractivity contribution in [1.82, 2.24) is 15.2 Å². The molecule has 2 aromatic carbocycles. The van der Waals surface area contributed by atoms with Gasteiger partial charge in [0.1, 0.15) is 0 Å². The Hall–Kier alpha value is -3.41. The van der Waals surface area contributed by atoms with Crippen molar-refractivity contribution in [2.24, 2.45) is 5.92 Å². The van der Waals surface area contributed by atoms with Crippen molar-refractivity contribution < 1.29 is 4.74 Å². The van der Waals surface area contributed by atoms with E-state index >= 15 is 0 Å². The van der Waals surface area contributed by atoms with Crippen molar-refractivity contribution in [3.05, 3.63) is 96.6 Å². The normalized spacial score (nSPS) is 20.6. The summed E-state index contributed by atoms with van der Waals surface area (Å²) in [5.41, 5.74) is 5.89. The molecule has 186 valence electrons. The van der Waals surface area contributed by atoms with Crippen molar-refractivity contribution >= 4 is 16.5 Å². The van der Waals surface area contributed by atoms with Gasteiger partial charge in [-0.25, -0.2) is 0 Å². The Bertz CT molecular complexity index is 1270. The van der Waals surface area contributed by atoms with Crippen molar-refractivity contribution in [3.63, 3.8) is 0 Å². The van der Waals surface area contributed by atoms with E-state index in [1.54, 1.807) is 0 Å². The van der Waals surface area contributed by atoms with Crippen LogP contribution in [0.1, 0.15) is 26.0 Å². The number of nitrogens with zero attached hydrogens (tertiary/aromatic N) is 2. The molecule has 1 aliphatic heterocycles. The lowest BCUT2D eigenvalue weighted by atomic mass is 9.98. The Morgan fingerprint density at radius 1 is 1.11 bits per heavy atom. The molecule has 1 aromatic heterocycles. The maximum absolute atomic E-state index is 5.46. The van der Waals surface area contributed by atoms with Gasteiger partial charge in [0.2, 0.25) is 0 Å². The van der Waals surface area contributed by atoms with Gasteiger partial charge >= 0.3 is 0 Å². The standard InChI is InChI=1S/C31H36N4O/c1-4-5-8-22(2)29-19-31(29)34-23(3)33-30-14-13-26(27-9-6-7-10-28(27)30)24-11-12-25(32-20-24)21-35-15-17-36-18-16-35/h4-14,20,29,31,33-34H,3,15-19,21H2,1-2H3/b5-4-,22-8+. The third-order valence-corrected chi connectivity index (χ3v) is 7.12. The number of ether oxygens (including phenoxy) is 1. The highest BCUT2D eigenvalue weighted by atomic mass is 16.5. The molecule has 2 aliphatic rings. The third kappa shape index (κ3) is 5.69. The van der Waals surface area contributed by atoms with Gasteiger partial charge in [-0.05, 0) is 43.4 Å². The van der Waals surface area contributed by atoms with E-state index in [1.165, 1.54) is 21.9 Å². The second-order valence-corrected chi connectivity index (χ2v) is 9.77. The number of aromatic nitrogens is 1. The summed E-state index contributed by atoms with van der Waals surface area (Å²) in [7, 11) is 0. The highest BCUT2D eigenvalue weighted by molar-refractivity contribution is 6.03. The Morgan fingerprint density at radius 2 is 1.92 bits per heavy atom. The summed E-state index contributed by atoms with van der Waals surface area (Å²) < 4.78 is 5.46. The molecule has 2 N–H and O–H groups in total. The fourth-order valence-corrected chi connectivity index (χ4v) is 4.98. The molecule has 2 unspecified atom stereocenters. The molecule has 2 heterocycles. The molecule has 2 atom stereocenters. The van der Waals surface area contributed by atoms with Gasteiger partial charge in [-0.2, -0.15) is 0 Å². The first-order chi connectivity index (χ1) is 17.6. The Kier molecular flexibility index (Phi) is 7.49. The minimum Gasteiger partial charge on any atom is -0.379 e. The molecule has 3 aromatic rings. The Balaban J connectivity index is 1.29. The molecule has 1 saturated carbocycles. The predicted molar refractivity (Wildman–Crippen MR) is 150 cm³/mol. The topological polar surface area (TPSA) is 49.4 Å². The largest absolute Gasteiger partial charge is 0.379 e. The maximum Gasteiger partial charge on any atom is 0.0959 e. The summed E-state index contributed by atoms with van der Waals surface area (Å²) in [6.45, 7) is 12.9. The van der Waals surface area contributed by atoms with Gasteiger partial charge in [0.15, 0.2) is 0 Å². The number of fused-ring (bicyclic) bond motifs is 1. The first-order valence-corrected chi connectivity index (χ1v) is 12.9. The second kappa shape index (κ2) is 11.1. The van der Waals surface area contributed by atoms with Crippen LogP contribution < -0.4 is 10.6 Å². The van der Waals surface area contributed by atoms with Crippen molar-refractivity contribution in [3.8, 4) is 11.1 Å². The van der Waals surface area contributed by atoms with E-state index in [0.29, 0.717) is 12.0 Å². The average molecular weight is 481 g/mol. The predicted octanol–water partition coefficient (Wildman–Crippen LogP) is 6.12. The van der Waals surface area contributed by atoms with Crippen LogP contribution in [-0.4, -0.2) is 42.2 Å². The molecule has 0 radical (unpaired) electrons. The molecule has 5 heteroatoms. The number of rotatable bonds is 9. The summed E-state index contributed by atoms with van der Waals surface area (Å²) in [6, 6.07) is 17.6. The van der Waals surface area contributed by atoms with Gasteiger partial charge in [-0.1, -0.05) is 66.8 Å². The van der Waals surface area contributed by atoms with Crippen LogP contribution in [0.3, 0.4) is 0 Å². The number of allylic oxidation sites excluding steroid dienone is 3. The number of anilines is 1. The first kappa shape index (κ1) is 24.3. The van der Waals surface area contributed by atoms with Crippen LogP contribution >= 0.6 is 0 Å². The lowest BCUT2D eigenvalue weighted by Gasteiger charge is -2.26. The highest BCUT2D eigenvalue weighted by Gasteiger charge is 2.38. The number of pyridine rings is 1. The lowest BCUT2D eigenvalue weighted by Crippen LogP contribution is -2.35. The second-order valence-electron chi connectivity index (χ2n) is 9.77. The molecule has 0 spiro atoms. The van der Waals surface area contributed by atoms with E-state index in [2.05, 4.69) is 95.8 Å². The molecule has 2 fully saturated rings. The summed E-state index contributed by atoms with van der Waals surface area (Å²) in [5, 5.41) is 9.46. The molecule has 5 rings (SSSR count). The Morgan fingerprint density at radius 3 is 2.67 bits per heavy atom. The fraction of sp³-hybridized carbons (Fsp3) is 0.323. The molecular formula is C31H36N4O. The molecule has 0 amide bonds. The lowest BCUT2D eigenvalue weighted by molar-refractivity contribution is 0.0336. The van der Waals surface area contributed by atoms with Crippen molar-refractivity contribution in [2.45, 2.75) is 32.9 Å². The molecule has 1 saturated heterocycles. The van der Waals surface area contributed by atoms with Gasteiger partial charge in [-0.3, -0.25) is 9.88 Å². The van der Waals surface area contributed by atoms with Crippen LogP contribution in [0.15, 0.2) is 90.9 Å². The molecule has 36 heavy (non-hydrogen) atoms. The first-order valence-electron chi connectivity index (χ1n) is 12.9. The smallest absolute Gasteiger partial charge is 0.0959 e. The quantitative estimate of drug-likeness (QED) is 0.362. The maximum atomic E-state index is 5.46. The average Bonchev–Trinajstić information content (AvgIpc) is 3.67. The summed E-state index contributed by atoms with van der Waals surface area (Å²) in [5.74, 6) is 1.42. The Labute approximate surface area is 214 Å². The number of hydrogen-bond donors (Lipinski definition) is 2. The molecule has 1 aliphatic carbocycles. The van der Waals surface area contributed by atoms with E-state index in [4.69, 9.17) is 9.72 Å². The zero-order valence-corrected chi connectivity index (χ0v) is 21.3. The number of morpholine rings is 1. The van der Waals surface area contributed by atoms with Crippen LogP contribution in [0.2, 0.25) is 0 Å². The van der Waals surface area contributed by atoms with E-state index < -0.39 is 0 Å². The van der Waals surface area contributed by atoms with E-state index in [9.17, 15) is 0 Å². The van der Waals surface area contributed by atoms with E-state index in [-0.39, 0.29) is 0 Å². The van der Waals surface area contributed by atoms with Crippen LogP contribution in [0.25, 0.3) is 21.9 Å². The van der Waals surface area contributed by atoms with Gasteiger partial charge in [0, 0.05) is 54.4 Å². The van der Waals surface area contributed by atoms with Gasteiger partial charge in [-0.15, -0.1) is 0 Å². The van der Waals surface area contributed by atoms with Gasteiger partial charge < -0.3 is 15.4 Å². The molecule has 0 bridgehead atoms. The van der Waals surface area contributed by atoms with Crippen LogP contribution in [-0.2, 0) is 11.3 Å². The van der Waals surface area contributed by atoms with Crippen molar-refractivity contribution in [1.29, 1.82) is 0 Å². The zero-order chi connectivity index (χ0) is 24.9. The monoisotopic (exact) mass is 480 g/mol. The summed E-state index contributed by atoms with van der Waals surface area (Å²) >= 11 is 0. The van der Waals surface area contributed by atoms with Crippen molar-refractivity contribution in [2.75, 3.05) is 31.6 Å². The fourth-order valence-electron chi connectivity index (χ4n) is 4.98. The number of nitrogens with one attached hydrogen (secondary N) is 2. The SMILES string of the molecule is C=C(Nc1ccc(-c2ccc(CN3CCOCC3)nc2)c2ccccc12)NC1CC1/C(C)=C/C=C\C. The van der Waals surface area contributed by atoms with E-state index in [0.717, 1.165) is 62.0 Å². The van der Waals surface area contributed by atoms with E-state index in [1.807, 2.05) is 13.1 Å². The number of hydrogen-bond acceptors (Lipinski definition) is 5.